The Labute approximate surface area is 64.6 Å². The Morgan fingerprint density at radius 2 is 2.36 bits per heavy atom. The van der Waals surface area contributed by atoms with Crippen LogP contribution in [0, 0.1) is 0 Å². The van der Waals surface area contributed by atoms with E-state index in [4.69, 9.17) is 5.73 Å². The van der Waals surface area contributed by atoms with Crippen molar-refractivity contribution < 1.29 is 0 Å². The molecular weight excluding hydrogens is 144 g/mol. The van der Waals surface area contributed by atoms with Crippen LogP contribution in [0.5, 0.6) is 0 Å². The van der Waals surface area contributed by atoms with Crippen molar-refractivity contribution in [2.45, 2.75) is 12.8 Å². The lowest BCUT2D eigenvalue weighted by molar-refractivity contribution is 0.770. The predicted octanol–water partition coefficient (Wildman–Crippen LogP) is -0.650. The first-order valence-corrected chi connectivity index (χ1v) is 3.61. The molecule has 0 amide bonds. The third-order valence-corrected chi connectivity index (χ3v) is 1.26. The molecule has 6 nitrogen and oxygen atoms in total. The number of aromatic nitrogens is 4. The number of rotatable bonds is 5. The van der Waals surface area contributed by atoms with Gasteiger partial charge in [0.05, 0.1) is 0 Å². The molecule has 1 rings (SSSR count). The lowest BCUT2D eigenvalue weighted by Gasteiger charge is -1.97. The Kier molecular flexibility index (Phi) is 3.33. The molecule has 0 unspecified atom stereocenters. The van der Waals surface area contributed by atoms with Crippen LogP contribution in [0.3, 0.4) is 0 Å². The zero-order chi connectivity index (χ0) is 7.94. The highest BCUT2D eigenvalue weighted by Gasteiger charge is 1.93. The first kappa shape index (κ1) is 7.93. The second-order valence-corrected chi connectivity index (χ2v) is 2.16. The molecule has 0 aliphatic rings. The van der Waals surface area contributed by atoms with Gasteiger partial charge in [0, 0.05) is 6.54 Å². The van der Waals surface area contributed by atoms with E-state index in [2.05, 4.69) is 25.9 Å². The van der Waals surface area contributed by atoms with Crippen molar-refractivity contribution in [3.63, 3.8) is 0 Å². The lowest BCUT2D eigenvalue weighted by Crippen LogP contribution is -2.06. The molecule has 1 aromatic rings. The molecule has 0 saturated carbocycles. The second-order valence-electron chi connectivity index (χ2n) is 2.16. The van der Waals surface area contributed by atoms with Crippen LogP contribution >= 0.6 is 0 Å². The fraction of sp³-hybridized carbons (Fsp3) is 0.800. The van der Waals surface area contributed by atoms with Crippen LogP contribution in [0.4, 0.5) is 5.95 Å². The van der Waals surface area contributed by atoms with Crippen molar-refractivity contribution in [2.24, 2.45) is 5.73 Å². The molecule has 0 radical (unpaired) electrons. The Balaban J connectivity index is 2.04. The number of nitrogens with one attached hydrogen (secondary N) is 2. The molecular formula is C5H12N6. The Bertz CT molecular complexity index is 171. The van der Waals surface area contributed by atoms with Crippen molar-refractivity contribution in [3.05, 3.63) is 0 Å². The summed E-state index contributed by atoms with van der Waals surface area (Å²) >= 11 is 0. The summed E-state index contributed by atoms with van der Waals surface area (Å²) < 4.78 is 0. The fourth-order valence-electron chi connectivity index (χ4n) is 0.706. The van der Waals surface area contributed by atoms with Gasteiger partial charge in [0.1, 0.15) is 0 Å². The molecule has 62 valence electrons. The van der Waals surface area contributed by atoms with Crippen molar-refractivity contribution >= 4 is 5.95 Å². The number of hydrogen-bond donors (Lipinski definition) is 3. The van der Waals surface area contributed by atoms with Crippen LogP contribution in [-0.4, -0.2) is 33.7 Å². The molecule has 0 bridgehead atoms. The number of tetrazole rings is 1. The molecule has 11 heavy (non-hydrogen) atoms. The number of hydrogen-bond acceptors (Lipinski definition) is 5. The molecule has 6 heteroatoms. The minimum atomic E-state index is 0.544. The summed E-state index contributed by atoms with van der Waals surface area (Å²) in [5.74, 6) is 0.544. The maximum absolute atomic E-state index is 5.31. The van der Waals surface area contributed by atoms with Crippen LogP contribution in [0.15, 0.2) is 0 Å². The topological polar surface area (TPSA) is 92.5 Å². The summed E-state index contributed by atoms with van der Waals surface area (Å²) in [6.07, 6.45) is 2.05. The van der Waals surface area contributed by atoms with Gasteiger partial charge in [-0.1, -0.05) is 5.10 Å². The third-order valence-electron chi connectivity index (χ3n) is 1.26. The van der Waals surface area contributed by atoms with Crippen molar-refractivity contribution in [2.75, 3.05) is 18.4 Å². The van der Waals surface area contributed by atoms with E-state index in [-0.39, 0.29) is 0 Å². The number of nitrogens with zero attached hydrogens (tertiary/aromatic N) is 3. The normalized spacial score (nSPS) is 9.91. The molecule has 0 aliphatic carbocycles. The van der Waals surface area contributed by atoms with Gasteiger partial charge in [-0.2, -0.15) is 5.21 Å². The number of aromatic amines is 1. The number of nitrogens with two attached hydrogens (primary N) is 1. The fourth-order valence-corrected chi connectivity index (χ4v) is 0.706. The highest BCUT2D eigenvalue weighted by molar-refractivity contribution is 5.17. The maximum Gasteiger partial charge on any atom is 0.263 e. The minimum Gasteiger partial charge on any atom is -0.352 e. The van der Waals surface area contributed by atoms with Gasteiger partial charge in [0.2, 0.25) is 0 Å². The van der Waals surface area contributed by atoms with Crippen LogP contribution in [0.1, 0.15) is 12.8 Å². The van der Waals surface area contributed by atoms with Gasteiger partial charge in [0.25, 0.3) is 5.95 Å². The van der Waals surface area contributed by atoms with Crippen molar-refractivity contribution in [1.29, 1.82) is 0 Å². The monoisotopic (exact) mass is 156 g/mol. The maximum atomic E-state index is 5.31. The summed E-state index contributed by atoms with van der Waals surface area (Å²) in [7, 11) is 0. The first-order valence-electron chi connectivity index (χ1n) is 3.61. The van der Waals surface area contributed by atoms with E-state index in [1.54, 1.807) is 0 Å². The summed E-state index contributed by atoms with van der Waals surface area (Å²) in [4.78, 5) is 0. The van der Waals surface area contributed by atoms with E-state index in [1.807, 2.05) is 0 Å². The second kappa shape index (κ2) is 4.62. The Hall–Kier alpha value is -1.17. The zero-order valence-corrected chi connectivity index (χ0v) is 6.25. The first-order chi connectivity index (χ1) is 5.43. The van der Waals surface area contributed by atoms with E-state index in [0.717, 1.165) is 25.9 Å². The molecule has 1 aromatic heterocycles. The Morgan fingerprint density at radius 3 is 3.00 bits per heavy atom. The number of unbranched alkanes of at least 4 members (excludes halogenated alkanes) is 1. The smallest absolute Gasteiger partial charge is 0.263 e. The van der Waals surface area contributed by atoms with Gasteiger partial charge in [-0.25, -0.2) is 0 Å². The largest absolute Gasteiger partial charge is 0.352 e. The minimum absolute atomic E-state index is 0.544. The summed E-state index contributed by atoms with van der Waals surface area (Å²) in [5, 5.41) is 16.2. The zero-order valence-electron chi connectivity index (χ0n) is 6.25. The average molecular weight is 156 g/mol. The average Bonchev–Trinajstić information content (AvgIpc) is 2.50. The molecule has 4 N–H and O–H groups in total. The van der Waals surface area contributed by atoms with E-state index < -0.39 is 0 Å². The quantitative estimate of drug-likeness (QED) is 0.493. The highest BCUT2D eigenvalue weighted by atomic mass is 15.5. The SMILES string of the molecule is NCCCCNc1nn[nH]n1. The van der Waals surface area contributed by atoms with Gasteiger partial charge in [-0.3, -0.25) is 0 Å². The summed E-state index contributed by atoms with van der Waals surface area (Å²) in [6, 6.07) is 0. The van der Waals surface area contributed by atoms with E-state index >= 15 is 0 Å². The number of H-pyrrole nitrogens is 1. The van der Waals surface area contributed by atoms with Crippen molar-refractivity contribution in [1.82, 2.24) is 20.6 Å². The highest BCUT2D eigenvalue weighted by Crippen LogP contribution is 1.91. The van der Waals surface area contributed by atoms with Crippen LogP contribution in [0.2, 0.25) is 0 Å². The van der Waals surface area contributed by atoms with E-state index in [0.29, 0.717) is 5.95 Å². The summed E-state index contributed by atoms with van der Waals surface area (Å²) in [5.41, 5.74) is 5.31. The van der Waals surface area contributed by atoms with Crippen LogP contribution in [-0.2, 0) is 0 Å². The van der Waals surface area contributed by atoms with Gasteiger partial charge in [-0.05, 0) is 24.6 Å². The summed E-state index contributed by atoms with van der Waals surface area (Å²) in [6.45, 7) is 1.57. The van der Waals surface area contributed by atoms with Crippen molar-refractivity contribution in [3.8, 4) is 0 Å². The molecule has 1 heterocycles. The van der Waals surface area contributed by atoms with Crippen LogP contribution in [0.25, 0.3) is 0 Å². The molecule has 0 aliphatic heterocycles. The van der Waals surface area contributed by atoms with E-state index in [1.165, 1.54) is 0 Å². The van der Waals surface area contributed by atoms with Gasteiger partial charge >= 0.3 is 0 Å². The molecule has 0 spiro atoms. The van der Waals surface area contributed by atoms with Crippen LogP contribution < -0.4 is 11.1 Å². The standard InChI is InChI=1S/C5H12N6/c6-3-1-2-4-7-5-8-10-11-9-5/h1-4,6H2,(H2,7,8,9,10,11). The molecule has 0 saturated heterocycles. The molecule has 0 aromatic carbocycles. The molecule has 0 fully saturated rings. The number of anilines is 1. The molecule has 0 atom stereocenters. The van der Waals surface area contributed by atoms with Gasteiger partial charge in [-0.15, -0.1) is 5.10 Å². The van der Waals surface area contributed by atoms with Gasteiger partial charge < -0.3 is 11.1 Å². The van der Waals surface area contributed by atoms with E-state index in [9.17, 15) is 0 Å². The lowest BCUT2D eigenvalue weighted by atomic mass is 10.3. The predicted molar refractivity (Wildman–Crippen MR) is 41.0 cm³/mol. The van der Waals surface area contributed by atoms with Gasteiger partial charge in [0.15, 0.2) is 0 Å². The Morgan fingerprint density at radius 1 is 1.45 bits per heavy atom. The third kappa shape index (κ3) is 2.94.